The van der Waals surface area contributed by atoms with Crippen LogP contribution in [-0.4, -0.2) is 18.0 Å². The van der Waals surface area contributed by atoms with Gasteiger partial charge >= 0.3 is 5.97 Å². The van der Waals surface area contributed by atoms with Crippen LogP contribution in [0.15, 0.2) is 0 Å². The molecule has 0 amide bonds. The summed E-state index contributed by atoms with van der Waals surface area (Å²) in [6.07, 6.45) is 4.09. The van der Waals surface area contributed by atoms with Crippen LogP contribution in [0.1, 0.15) is 46.0 Å². The number of carbonyl (C=O) groups is 1. The summed E-state index contributed by atoms with van der Waals surface area (Å²) in [4.78, 5) is 11.1. The molecule has 78 valence electrons. The molecular weight excluding hydrogens is 188 g/mol. The van der Waals surface area contributed by atoms with Crippen molar-refractivity contribution in [1.29, 1.82) is 0 Å². The van der Waals surface area contributed by atoms with E-state index in [1.54, 1.807) is 0 Å². The summed E-state index contributed by atoms with van der Waals surface area (Å²) < 4.78 is 4.98. The van der Waals surface area contributed by atoms with Crippen LogP contribution >= 0.6 is 11.6 Å². The van der Waals surface area contributed by atoms with Crippen molar-refractivity contribution in [2.75, 3.05) is 6.61 Å². The van der Waals surface area contributed by atoms with E-state index in [0.29, 0.717) is 13.0 Å². The Morgan fingerprint density at radius 2 is 2.15 bits per heavy atom. The minimum atomic E-state index is -0.118. The summed E-state index contributed by atoms with van der Waals surface area (Å²) >= 11 is 5.86. The van der Waals surface area contributed by atoms with Crippen LogP contribution in [0.2, 0.25) is 0 Å². The van der Waals surface area contributed by atoms with Crippen molar-refractivity contribution < 1.29 is 9.53 Å². The van der Waals surface area contributed by atoms with Gasteiger partial charge in [0.05, 0.1) is 6.61 Å². The molecule has 0 aromatic carbocycles. The fourth-order valence-electron chi connectivity index (χ4n) is 0.881. The number of carbonyl (C=O) groups excluding carboxylic acids is 1. The SMILES string of the molecule is CCCCOC(=O)CCC(Cl)CC. The van der Waals surface area contributed by atoms with Crippen LogP contribution in [0.4, 0.5) is 0 Å². The van der Waals surface area contributed by atoms with Gasteiger partial charge in [0, 0.05) is 11.8 Å². The summed E-state index contributed by atoms with van der Waals surface area (Å²) in [7, 11) is 0. The Morgan fingerprint density at radius 1 is 1.46 bits per heavy atom. The highest BCUT2D eigenvalue weighted by Gasteiger charge is 2.06. The number of esters is 1. The monoisotopic (exact) mass is 206 g/mol. The Bertz CT molecular complexity index is 137. The highest BCUT2D eigenvalue weighted by atomic mass is 35.5. The summed E-state index contributed by atoms with van der Waals surface area (Å²) in [6, 6.07) is 0. The van der Waals surface area contributed by atoms with Gasteiger partial charge < -0.3 is 4.74 Å². The molecule has 0 aromatic rings. The molecule has 0 N–H and O–H groups in total. The fraction of sp³-hybridized carbons (Fsp3) is 0.900. The number of alkyl halides is 1. The summed E-state index contributed by atoms with van der Waals surface area (Å²) in [6.45, 7) is 4.63. The number of unbranched alkanes of at least 4 members (excludes halogenated alkanes) is 1. The molecule has 0 aliphatic heterocycles. The lowest BCUT2D eigenvalue weighted by atomic mass is 10.2. The predicted octanol–water partition coefficient (Wildman–Crippen LogP) is 3.13. The van der Waals surface area contributed by atoms with Crippen LogP contribution in [-0.2, 0) is 9.53 Å². The van der Waals surface area contributed by atoms with Crippen LogP contribution < -0.4 is 0 Å². The Morgan fingerprint density at radius 3 is 2.69 bits per heavy atom. The van der Waals surface area contributed by atoms with Crippen molar-refractivity contribution in [1.82, 2.24) is 0 Å². The van der Waals surface area contributed by atoms with Gasteiger partial charge in [-0.05, 0) is 19.3 Å². The Labute approximate surface area is 85.6 Å². The topological polar surface area (TPSA) is 26.3 Å². The van der Waals surface area contributed by atoms with Gasteiger partial charge in [0.1, 0.15) is 0 Å². The zero-order valence-electron chi connectivity index (χ0n) is 8.51. The maximum Gasteiger partial charge on any atom is 0.305 e. The van der Waals surface area contributed by atoms with Crippen LogP contribution in [0, 0.1) is 0 Å². The molecule has 0 saturated heterocycles. The minimum absolute atomic E-state index is 0.110. The van der Waals surface area contributed by atoms with Crippen molar-refractivity contribution in [3.05, 3.63) is 0 Å². The van der Waals surface area contributed by atoms with E-state index in [9.17, 15) is 4.79 Å². The predicted molar refractivity (Wildman–Crippen MR) is 55.0 cm³/mol. The van der Waals surface area contributed by atoms with Gasteiger partial charge in [-0.15, -0.1) is 11.6 Å². The van der Waals surface area contributed by atoms with Crippen molar-refractivity contribution >= 4 is 17.6 Å². The maximum atomic E-state index is 11.1. The smallest absolute Gasteiger partial charge is 0.305 e. The van der Waals surface area contributed by atoms with Crippen LogP contribution in [0.3, 0.4) is 0 Å². The van der Waals surface area contributed by atoms with Crippen LogP contribution in [0.25, 0.3) is 0 Å². The van der Waals surface area contributed by atoms with Crippen molar-refractivity contribution in [3.63, 3.8) is 0 Å². The number of halogens is 1. The first-order valence-electron chi connectivity index (χ1n) is 5.00. The summed E-state index contributed by atoms with van der Waals surface area (Å²) in [5, 5.41) is 0.110. The summed E-state index contributed by atoms with van der Waals surface area (Å²) in [5.74, 6) is -0.118. The normalized spacial score (nSPS) is 12.5. The first-order valence-corrected chi connectivity index (χ1v) is 5.44. The highest BCUT2D eigenvalue weighted by Crippen LogP contribution is 2.09. The van der Waals surface area contributed by atoms with Crippen molar-refractivity contribution in [3.8, 4) is 0 Å². The molecule has 0 saturated carbocycles. The van der Waals surface area contributed by atoms with E-state index in [4.69, 9.17) is 16.3 Å². The molecule has 0 heterocycles. The number of hydrogen-bond donors (Lipinski definition) is 0. The molecule has 13 heavy (non-hydrogen) atoms. The molecule has 0 fully saturated rings. The second-order valence-corrected chi connectivity index (χ2v) is 3.74. The molecule has 0 rings (SSSR count). The Kier molecular flexibility index (Phi) is 8.21. The van der Waals surface area contributed by atoms with E-state index in [1.807, 2.05) is 6.92 Å². The molecule has 0 aromatic heterocycles. The van der Waals surface area contributed by atoms with Gasteiger partial charge in [0.15, 0.2) is 0 Å². The van der Waals surface area contributed by atoms with E-state index >= 15 is 0 Å². The minimum Gasteiger partial charge on any atom is -0.466 e. The zero-order valence-corrected chi connectivity index (χ0v) is 9.27. The van der Waals surface area contributed by atoms with Gasteiger partial charge in [-0.3, -0.25) is 4.79 Å². The lowest BCUT2D eigenvalue weighted by Gasteiger charge is -2.06. The second kappa shape index (κ2) is 8.36. The van der Waals surface area contributed by atoms with Gasteiger partial charge in [-0.25, -0.2) is 0 Å². The van der Waals surface area contributed by atoms with Gasteiger partial charge in [-0.1, -0.05) is 20.3 Å². The van der Waals surface area contributed by atoms with E-state index in [1.165, 1.54) is 0 Å². The number of ether oxygens (including phenoxy) is 1. The average Bonchev–Trinajstić information content (AvgIpc) is 2.14. The summed E-state index contributed by atoms with van der Waals surface area (Å²) in [5.41, 5.74) is 0. The third-order valence-electron chi connectivity index (χ3n) is 1.87. The van der Waals surface area contributed by atoms with Gasteiger partial charge in [0.25, 0.3) is 0 Å². The second-order valence-electron chi connectivity index (χ2n) is 3.12. The van der Waals surface area contributed by atoms with Gasteiger partial charge in [0.2, 0.25) is 0 Å². The van der Waals surface area contributed by atoms with Crippen LogP contribution in [0.5, 0.6) is 0 Å². The van der Waals surface area contributed by atoms with Crippen molar-refractivity contribution in [2.24, 2.45) is 0 Å². The molecule has 0 aliphatic rings. The van der Waals surface area contributed by atoms with E-state index in [2.05, 4.69) is 6.92 Å². The molecular formula is C10H19ClO2. The molecule has 0 bridgehead atoms. The molecule has 0 spiro atoms. The quantitative estimate of drug-likeness (QED) is 0.364. The lowest BCUT2D eigenvalue weighted by molar-refractivity contribution is -0.143. The lowest BCUT2D eigenvalue weighted by Crippen LogP contribution is -2.08. The van der Waals surface area contributed by atoms with E-state index < -0.39 is 0 Å². The third kappa shape index (κ3) is 8.10. The Hall–Kier alpha value is -0.240. The number of hydrogen-bond acceptors (Lipinski definition) is 2. The molecule has 1 unspecified atom stereocenters. The first kappa shape index (κ1) is 12.8. The average molecular weight is 207 g/mol. The molecule has 1 atom stereocenters. The maximum absolute atomic E-state index is 11.1. The van der Waals surface area contributed by atoms with E-state index in [-0.39, 0.29) is 11.3 Å². The standard InChI is InChI=1S/C10H19ClO2/c1-3-5-8-13-10(12)7-6-9(11)4-2/h9H,3-8H2,1-2H3. The zero-order chi connectivity index (χ0) is 10.1. The first-order chi connectivity index (χ1) is 6.20. The molecule has 3 heteroatoms. The molecule has 0 radical (unpaired) electrons. The number of rotatable bonds is 7. The molecule has 2 nitrogen and oxygen atoms in total. The van der Waals surface area contributed by atoms with Gasteiger partial charge in [-0.2, -0.15) is 0 Å². The van der Waals surface area contributed by atoms with Crippen molar-refractivity contribution in [2.45, 2.75) is 51.3 Å². The Balaban J connectivity index is 3.30. The van der Waals surface area contributed by atoms with E-state index in [0.717, 1.165) is 25.7 Å². The fourth-order valence-corrected chi connectivity index (χ4v) is 0.990. The highest BCUT2D eigenvalue weighted by molar-refractivity contribution is 6.20. The third-order valence-corrected chi connectivity index (χ3v) is 2.39. The largest absolute Gasteiger partial charge is 0.466 e. The molecule has 0 aliphatic carbocycles.